The molecule has 1 aliphatic rings. The topological polar surface area (TPSA) is 0 Å². The van der Waals surface area contributed by atoms with Gasteiger partial charge in [-0.3, -0.25) is 0 Å². The molecule has 0 aliphatic heterocycles. The van der Waals surface area contributed by atoms with Crippen molar-refractivity contribution < 1.29 is 13.2 Å². The molecule has 0 atom stereocenters. The first-order valence-corrected chi connectivity index (χ1v) is 12.7. The Balaban J connectivity index is 1.27. The summed E-state index contributed by atoms with van der Waals surface area (Å²) in [6, 6.07) is 34.6. The smallest absolute Gasteiger partial charge is 0.166 e. The summed E-state index contributed by atoms with van der Waals surface area (Å²) in [6.07, 6.45) is 4.40. The lowest BCUT2D eigenvalue weighted by atomic mass is 9.94. The summed E-state index contributed by atoms with van der Waals surface area (Å²) < 4.78 is 39.3. The van der Waals surface area contributed by atoms with Crippen molar-refractivity contribution in [1.29, 1.82) is 0 Å². The summed E-state index contributed by atoms with van der Waals surface area (Å²) in [5, 5.41) is 4.87. The normalized spacial score (nSPS) is 16.7. The van der Waals surface area contributed by atoms with Crippen molar-refractivity contribution in [2.75, 3.05) is 0 Å². The predicted molar refractivity (Wildman–Crippen MR) is 152 cm³/mol. The summed E-state index contributed by atoms with van der Waals surface area (Å²) in [6.45, 7) is 0. The van der Waals surface area contributed by atoms with Gasteiger partial charge in [0.25, 0.3) is 0 Å². The number of benzene rings is 5. The maximum atomic E-state index is 13.1. The molecule has 0 nitrogen and oxygen atoms in total. The zero-order valence-corrected chi connectivity index (χ0v) is 20.7. The summed E-state index contributed by atoms with van der Waals surface area (Å²) >= 11 is 0. The van der Waals surface area contributed by atoms with Crippen LogP contribution in [0.3, 0.4) is 0 Å². The number of halogens is 3. The summed E-state index contributed by atoms with van der Waals surface area (Å²) in [5.74, 6) is 0. The van der Waals surface area contributed by atoms with Crippen LogP contribution in [0.5, 0.6) is 0 Å². The van der Waals surface area contributed by atoms with E-state index in [-0.39, 0.29) is 0 Å². The zero-order chi connectivity index (χ0) is 26.1. The van der Waals surface area contributed by atoms with Crippen LogP contribution in [-0.2, 0) is 6.18 Å². The fourth-order valence-corrected chi connectivity index (χ4v) is 5.10. The molecule has 186 valence electrons. The average molecular weight is 503 g/mol. The van der Waals surface area contributed by atoms with Crippen molar-refractivity contribution in [1.82, 2.24) is 0 Å². The molecule has 6 rings (SSSR count). The second-order valence-corrected chi connectivity index (χ2v) is 9.66. The molecule has 1 aliphatic carbocycles. The van der Waals surface area contributed by atoms with Crippen molar-refractivity contribution >= 4 is 28.5 Å². The number of hydrogen-bond donors (Lipinski definition) is 0. The van der Waals surface area contributed by atoms with Gasteiger partial charge in [-0.15, -0.1) is 0 Å². The Kier molecular flexibility index (Phi) is 6.21. The minimum Gasteiger partial charge on any atom is -0.166 e. The van der Waals surface area contributed by atoms with E-state index >= 15 is 0 Å². The van der Waals surface area contributed by atoms with E-state index in [1.54, 1.807) is 6.07 Å². The summed E-state index contributed by atoms with van der Waals surface area (Å²) in [7, 11) is 0. The standard InChI is InChI=1S/C35H25F3/c36-35(37,38)34-10-4-9-29(23-34)27-13-15-28(16-14-27)31-18-20-32-21-30(17-19-33(32)22-31)26-8-3-7-24-5-1-2-6-25(24)11-12-26/h1-2,4-7,9-23H,3,8H2/b24-7-,25-11-,26-12+. The van der Waals surface area contributed by atoms with Gasteiger partial charge >= 0.3 is 6.18 Å². The third kappa shape index (κ3) is 4.92. The first kappa shape index (κ1) is 24.0. The monoisotopic (exact) mass is 502 g/mol. The zero-order valence-electron chi connectivity index (χ0n) is 20.7. The van der Waals surface area contributed by atoms with E-state index in [0.717, 1.165) is 41.0 Å². The first-order chi connectivity index (χ1) is 18.4. The largest absolute Gasteiger partial charge is 0.416 e. The van der Waals surface area contributed by atoms with Crippen LogP contribution in [0, 0.1) is 0 Å². The minimum absolute atomic E-state index is 0.555. The Labute approximate surface area is 219 Å². The summed E-state index contributed by atoms with van der Waals surface area (Å²) in [5.41, 5.74) is 5.34. The van der Waals surface area contributed by atoms with E-state index in [9.17, 15) is 13.2 Å². The Morgan fingerprint density at radius 1 is 0.500 bits per heavy atom. The molecule has 0 N–H and O–H groups in total. The highest BCUT2D eigenvalue weighted by molar-refractivity contribution is 5.90. The third-order valence-corrected chi connectivity index (χ3v) is 7.19. The Morgan fingerprint density at radius 2 is 1.11 bits per heavy atom. The first-order valence-electron chi connectivity index (χ1n) is 12.7. The van der Waals surface area contributed by atoms with Crippen LogP contribution >= 0.6 is 0 Å². The lowest BCUT2D eigenvalue weighted by molar-refractivity contribution is -0.137. The number of allylic oxidation sites excluding steroid dienone is 2. The van der Waals surface area contributed by atoms with Crippen LogP contribution < -0.4 is 10.4 Å². The minimum atomic E-state index is -4.35. The van der Waals surface area contributed by atoms with Gasteiger partial charge in [-0.1, -0.05) is 103 Å². The quantitative estimate of drug-likeness (QED) is 0.232. The molecule has 0 spiro atoms. The van der Waals surface area contributed by atoms with Crippen molar-refractivity contribution in [3.8, 4) is 22.3 Å². The van der Waals surface area contributed by atoms with Crippen LogP contribution in [0.25, 0.3) is 50.8 Å². The second kappa shape index (κ2) is 9.83. The highest BCUT2D eigenvalue weighted by Gasteiger charge is 2.30. The molecular weight excluding hydrogens is 477 g/mol. The van der Waals surface area contributed by atoms with E-state index in [1.165, 1.54) is 39.1 Å². The highest BCUT2D eigenvalue weighted by atomic mass is 19.4. The van der Waals surface area contributed by atoms with Gasteiger partial charge in [-0.05, 0) is 91.7 Å². The molecule has 0 saturated heterocycles. The lowest BCUT2D eigenvalue weighted by Crippen LogP contribution is -2.23. The molecule has 0 fully saturated rings. The number of alkyl halides is 3. The van der Waals surface area contributed by atoms with Crippen LogP contribution in [0.1, 0.15) is 24.0 Å². The van der Waals surface area contributed by atoms with Crippen molar-refractivity contribution in [3.63, 3.8) is 0 Å². The molecule has 3 heteroatoms. The van der Waals surface area contributed by atoms with E-state index in [0.29, 0.717) is 5.56 Å². The Morgan fingerprint density at radius 3 is 1.82 bits per heavy atom. The molecule has 5 aromatic carbocycles. The maximum Gasteiger partial charge on any atom is 0.416 e. The van der Waals surface area contributed by atoms with Crippen LogP contribution in [-0.4, -0.2) is 0 Å². The van der Waals surface area contributed by atoms with Gasteiger partial charge < -0.3 is 0 Å². The van der Waals surface area contributed by atoms with Crippen LogP contribution in [0.4, 0.5) is 13.2 Å². The van der Waals surface area contributed by atoms with Crippen LogP contribution in [0.2, 0.25) is 0 Å². The number of fused-ring (bicyclic) bond motifs is 2. The molecule has 0 aromatic heterocycles. The molecule has 0 heterocycles. The Bertz CT molecular complexity index is 1790. The second-order valence-electron chi connectivity index (χ2n) is 9.66. The van der Waals surface area contributed by atoms with Gasteiger partial charge in [0.1, 0.15) is 0 Å². The van der Waals surface area contributed by atoms with Crippen LogP contribution in [0.15, 0.2) is 115 Å². The fraction of sp³-hybridized carbons (Fsp3) is 0.0857. The Hall–Kier alpha value is -4.37. The molecular formula is C35H25F3. The van der Waals surface area contributed by atoms with Gasteiger partial charge in [-0.25, -0.2) is 0 Å². The molecule has 0 radical (unpaired) electrons. The highest BCUT2D eigenvalue weighted by Crippen LogP contribution is 2.33. The molecule has 0 saturated carbocycles. The van der Waals surface area contributed by atoms with Gasteiger partial charge in [-0.2, -0.15) is 13.2 Å². The van der Waals surface area contributed by atoms with Gasteiger partial charge in [0, 0.05) is 0 Å². The molecule has 38 heavy (non-hydrogen) atoms. The van der Waals surface area contributed by atoms with Crippen molar-refractivity contribution in [3.05, 3.63) is 137 Å². The van der Waals surface area contributed by atoms with Gasteiger partial charge in [0.05, 0.1) is 5.56 Å². The summed E-state index contributed by atoms with van der Waals surface area (Å²) in [4.78, 5) is 0. The van der Waals surface area contributed by atoms with E-state index < -0.39 is 11.7 Å². The van der Waals surface area contributed by atoms with Gasteiger partial charge in [0.2, 0.25) is 0 Å². The SMILES string of the molecule is FC(F)(F)c1cccc(-c2ccc(-c3ccc4cc(/C5=C/C=c6/cccc/c6=C/CC5)ccc4c3)cc2)c1. The maximum absolute atomic E-state index is 13.1. The van der Waals surface area contributed by atoms with E-state index in [1.807, 2.05) is 24.3 Å². The number of rotatable bonds is 3. The third-order valence-electron chi connectivity index (χ3n) is 7.19. The fourth-order valence-electron chi connectivity index (χ4n) is 5.10. The lowest BCUT2D eigenvalue weighted by Gasteiger charge is -2.11. The molecule has 0 bridgehead atoms. The molecule has 0 unspecified atom stereocenters. The van der Waals surface area contributed by atoms with E-state index in [2.05, 4.69) is 78.9 Å². The van der Waals surface area contributed by atoms with E-state index in [4.69, 9.17) is 0 Å². The van der Waals surface area contributed by atoms with Crippen molar-refractivity contribution in [2.45, 2.75) is 19.0 Å². The molecule has 0 amide bonds. The average Bonchev–Trinajstić information content (AvgIpc) is 2.93. The van der Waals surface area contributed by atoms with Crippen molar-refractivity contribution in [2.24, 2.45) is 0 Å². The predicted octanol–water partition coefficient (Wildman–Crippen LogP) is 8.63. The van der Waals surface area contributed by atoms with Gasteiger partial charge in [0.15, 0.2) is 0 Å². The number of hydrogen-bond acceptors (Lipinski definition) is 0. The molecule has 5 aromatic rings.